The van der Waals surface area contributed by atoms with Gasteiger partial charge in [-0.3, -0.25) is 0 Å². The van der Waals surface area contributed by atoms with E-state index in [1.165, 1.54) is 25.9 Å². The number of likely N-dealkylation sites (tertiary alicyclic amines) is 1. The molecule has 2 heteroatoms. The molecule has 0 radical (unpaired) electrons. The Balaban J connectivity index is 2.36. The maximum Gasteiger partial charge on any atom is 0.00815 e. The van der Waals surface area contributed by atoms with Crippen LogP contribution in [-0.4, -0.2) is 30.1 Å². The van der Waals surface area contributed by atoms with Crippen molar-refractivity contribution in [1.82, 2.24) is 4.90 Å². The minimum atomic E-state index is 0.456. The van der Waals surface area contributed by atoms with Crippen molar-refractivity contribution in [1.29, 1.82) is 0 Å². The molecule has 0 spiro atoms. The summed E-state index contributed by atoms with van der Waals surface area (Å²) in [6, 6.07) is 1.16. The number of nitrogens with two attached hydrogens (primary N) is 1. The Kier molecular flexibility index (Phi) is 2.69. The van der Waals surface area contributed by atoms with E-state index in [9.17, 15) is 0 Å². The molecule has 2 nitrogen and oxygen atoms in total. The zero-order valence-corrected chi connectivity index (χ0v) is 7.01. The van der Waals surface area contributed by atoms with Gasteiger partial charge in [0.2, 0.25) is 0 Å². The van der Waals surface area contributed by atoms with Crippen LogP contribution in [0, 0.1) is 0 Å². The number of rotatable bonds is 1. The lowest BCUT2D eigenvalue weighted by atomic mass is 9.99. The molecule has 2 N–H and O–H groups in total. The molecular formula is C8H18N2. The Hall–Kier alpha value is -0.0800. The lowest BCUT2D eigenvalue weighted by molar-refractivity contribution is 0.156. The summed E-state index contributed by atoms with van der Waals surface area (Å²) in [5.41, 5.74) is 5.82. The van der Waals surface area contributed by atoms with E-state index in [1.54, 1.807) is 0 Å². The first kappa shape index (κ1) is 8.02. The SMILES string of the molecule is CCN1CC[C@@H](N)C[C@@H]1C. The van der Waals surface area contributed by atoms with Crippen LogP contribution >= 0.6 is 0 Å². The Morgan fingerprint density at radius 3 is 2.80 bits per heavy atom. The van der Waals surface area contributed by atoms with Gasteiger partial charge < -0.3 is 10.6 Å². The van der Waals surface area contributed by atoms with Gasteiger partial charge in [-0.25, -0.2) is 0 Å². The first-order valence-electron chi connectivity index (χ1n) is 4.23. The van der Waals surface area contributed by atoms with Gasteiger partial charge in [-0.05, 0) is 32.9 Å². The number of piperidine rings is 1. The van der Waals surface area contributed by atoms with E-state index in [2.05, 4.69) is 18.7 Å². The molecule has 0 unspecified atom stereocenters. The Morgan fingerprint density at radius 1 is 1.60 bits per heavy atom. The molecule has 0 bridgehead atoms. The fourth-order valence-corrected chi connectivity index (χ4v) is 1.73. The van der Waals surface area contributed by atoms with Crippen molar-refractivity contribution in [2.24, 2.45) is 5.73 Å². The second kappa shape index (κ2) is 3.35. The first-order valence-corrected chi connectivity index (χ1v) is 4.23. The highest BCUT2D eigenvalue weighted by Gasteiger charge is 2.20. The molecule has 0 saturated carbocycles. The summed E-state index contributed by atoms with van der Waals surface area (Å²) in [4.78, 5) is 2.49. The van der Waals surface area contributed by atoms with Crippen LogP contribution in [-0.2, 0) is 0 Å². The molecule has 0 aromatic rings. The summed E-state index contributed by atoms with van der Waals surface area (Å²) >= 11 is 0. The fraction of sp³-hybridized carbons (Fsp3) is 1.00. The van der Waals surface area contributed by atoms with Crippen LogP contribution in [0.2, 0.25) is 0 Å². The first-order chi connectivity index (χ1) is 4.74. The van der Waals surface area contributed by atoms with Gasteiger partial charge in [0.1, 0.15) is 0 Å². The fourth-order valence-electron chi connectivity index (χ4n) is 1.73. The van der Waals surface area contributed by atoms with E-state index < -0.39 is 0 Å². The molecule has 60 valence electrons. The average molecular weight is 142 g/mol. The third kappa shape index (κ3) is 1.70. The standard InChI is InChI=1S/C8H18N2/c1-3-10-5-4-8(9)6-7(10)2/h7-8H,3-6,9H2,1-2H3/t7-,8+/m0/s1. The van der Waals surface area contributed by atoms with Crippen molar-refractivity contribution in [3.63, 3.8) is 0 Å². The lowest BCUT2D eigenvalue weighted by Crippen LogP contribution is -2.45. The Morgan fingerprint density at radius 2 is 2.30 bits per heavy atom. The third-order valence-electron chi connectivity index (χ3n) is 2.46. The predicted octanol–water partition coefficient (Wildman–Crippen LogP) is 0.818. The van der Waals surface area contributed by atoms with E-state index in [0.29, 0.717) is 12.1 Å². The number of hydrogen-bond acceptors (Lipinski definition) is 2. The van der Waals surface area contributed by atoms with Crippen LogP contribution in [0.15, 0.2) is 0 Å². The maximum atomic E-state index is 5.82. The second-order valence-corrected chi connectivity index (χ2v) is 3.26. The van der Waals surface area contributed by atoms with Crippen molar-refractivity contribution in [3.8, 4) is 0 Å². The zero-order chi connectivity index (χ0) is 7.56. The highest BCUT2D eigenvalue weighted by Crippen LogP contribution is 2.14. The van der Waals surface area contributed by atoms with Gasteiger partial charge in [0.25, 0.3) is 0 Å². The summed E-state index contributed by atoms with van der Waals surface area (Å²) in [6.07, 6.45) is 2.35. The molecule has 2 atom stereocenters. The monoisotopic (exact) mass is 142 g/mol. The third-order valence-corrected chi connectivity index (χ3v) is 2.46. The van der Waals surface area contributed by atoms with Crippen LogP contribution in [0.3, 0.4) is 0 Å². The highest BCUT2D eigenvalue weighted by atomic mass is 15.2. The summed E-state index contributed by atoms with van der Waals surface area (Å²) < 4.78 is 0. The molecule has 1 heterocycles. The number of hydrogen-bond donors (Lipinski definition) is 1. The molecule has 0 aliphatic carbocycles. The van der Waals surface area contributed by atoms with Crippen LogP contribution in [0.5, 0.6) is 0 Å². The summed E-state index contributed by atoms with van der Waals surface area (Å²) in [5.74, 6) is 0. The molecular weight excluding hydrogens is 124 g/mol. The molecule has 0 aromatic carbocycles. The Bertz CT molecular complexity index is 103. The highest BCUT2D eigenvalue weighted by molar-refractivity contribution is 4.79. The van der Waals surface area contributed by atoms with Gasteiger partial charge >= 0.3 is 0 Å². The summed E-state index contributed by atoms with van der Waals surface area (Å²) in [7, 11) is 0. The molecule has 10 heavy (non-hydrogen) atoms. The number of nitrogens with zero attached hydrogens (tertiary/aromatic N) is 1. The molecule has 0 amide bonds. The van der Waals surface area contributed by atoms with Crippen LogP contribution in [0.1, 0.15) is 26.7 Å². The average Bonchev–Trinajstić information content (AvgIpc) is 1.88. The van der Waals surface area contributed by atoms with E-state index >= 15 is 0 Å². The maximum absolute atomic E-state index is 5.82. The minimum Gasteiger partial charge on any atom is -0.328 e. The largest absolute Gasteiger partial charge is 0.328 e. The van der Waals surface area contributed by atoms with Crippen molar-refractivity contribution in [2.75, 3.05) is 13.1 Å². The van der Waals surface area contributed by atoms with Crippen molar-refractivity contribution in [2.45, 2.75) is 38.8 Å². The summed E-state index contributed by atoms with van der Waals surface area (Å²) in [6.45, 7) is 6.85. The predicted molar refractivity (Wildman–Crippen MR) is 43.9 cm³/mol. The van der Waals surface area contributed by atoms with Gasteiger partial charge in [-0.1, -0.05) is 6.92 Å². The van der Waals surface area contributed by atoms with Crippen molar-refractivity contribution in [3.05, 3.63) is 0 Å². The van der Waals surface area contributed by atoms with E-state index in [1.807, 2.05) is 0 Å². The van der Waals surface area contributed by atoms with E-state index in [0.717, 1.165) is 0 Å². The smallest absolute Gasteiger partial charge is 0.00815 e. The van der Waals surface area contributed by atoms with Gasteiger partial charge in [0.15, 0.2) is 0 Å². The van der Waals surface area contributed by atoms with Gasteiger partial charge in [0, 0.05) is 12.1 Å². The molecule has 1 aliphatic heterocycles. The van der Waals surface area contributed by atoms with Gasteiger partial charge in [-0.15, -0.1) is 0 Å². The molecule has 1 aliphatic rings. The molecule has 1 saturated heterocycles. The topological polar surface area (TPSA) is 29.3 Å². The van der Waals surface area contributed by atoms with E-state index in [4.69, 9.17) is 5.73 Å². The van der Waals surface area contributed by atoms with Crippen LogP contribution in [0.4, 0.5) is 0 Å². The second-order valence-electron chi connectivity index (χ2n) is 3.26. The van der Waals surface area contributed by atoms with Gasteiger partial charge in [0.05, 0.1) is 0 Å². The molecule has 1 rings (SSSR count). The normalized spacial score (nSPS) is 36.3. The van der Waals surface area contributed by atoms with Crippen molar-refractivity contribution < 1.29 is 0 Å². The van der Waals surface area contributed by atoms with Crippen LogP contribution in [0.25, 0.3) is 0 Å². The minimum absolute atomic E-state index is 0.456. The van der Waals surface area contributed by atoms with E-state index in [-0.39, 0.29) is 0 Å². The Labute approximate surface area is 63.4 Å². The zero-order valence-electron chi connectivity index (χ0n) is 7.01. The summed E-state index contributed by atoms with van der Waals surface area (Å²) in [5, 5.41) is 0. The van der Waals surface area contributed by atoms with Crippen molar-refractivity contribution >= 4 is 0 Å². The van der Waals surface area contributed by atoms with Crippen LogP contribution < -0.4 is 5.73 Å². The molecule has 0 aromatic heterocycles. The molecule has 1 fully saturated rings. The lowest BCUT2D eigenvalue weighted by Gasteiger charge is -2.35. The quantitative estimate of drug-likeness (QED) is 0.587. The van der Waals surface area contributed by atoms with Gasteiger partial charge in [-0.2, -0.15) is 0 Å².